The summed E-state index contributed by atoms with van der Waals surface area (Å²) in [4.78, 5) is 11.6. The fraction of sp³-hybridized carbons (Fsp3) is 0.118. The monoisotopic (exact) mass is 346 g/mol. The highest BCUT2D eigenvalue weighted by Gasteiger charge is 2.14. The molecule has 0 atom stereocenters. The molecule has 0 saturated heterocycles. The maximum absolute atomic E-state index is 11.6. The van der Waals surface area contributed by atoms with Crippen LogP contribution in [-0.4, -0.2) is 18.2 Å². The largest absolute Gasteiger partial charge is 0.497 e. The molecule has 108 valence electrons. The Labute approximate surface area is 132 Å². The van der Waals surface area contributed by atoms with Crippen LogP contribution < -0.4 is 4.74 Å². The number of hydrogen-bond acceptors (Lipinski definition) is 2. The molecule has 2 aromatic rings. The van der Waals surface area contributed by atoms with Gasteiger partial charge in [-0.1, -0.05) is 40.2 Å². The molecular formula is C17H15BrO3. The topological polar surface area (TPSA) is 46.5 Å². The molecule has 2 rings (SSSR count). The van der Waals surface area contributed by atoms with Crippen molar-refractivity contribution in [3.05, 3.63) is 63.6 Å². The van der Waals surface area contributed by atoms with Gasteiger partial charge in [0.15, 0.2) is 0 Å². The summed E-state index contributed by atoms with van der Waals surface area (Å²) >= 11 is 3.43. The molecule has 0 spiro atoms. The molecule has 0 heterocycles. The first-order chi connectivity index (χ1) is 10.0. The molecule has 21 heavy (non-hydrogen) atoms. The predicted molar refractivity (Wildman–Crippen MR) is 87.4 cm³/mol. The maximum Gasteiger partial charge on any atom is 0.336 e. The molecule has 0 aliphatic carbocycles. The minimum absolute atomic E-state index is 0.252. The summed E-state index contributed by atoms with van der Waals surface area (Å²) in [6.45, 7) is 1.87. The van der Waals surface area contributed by atoms with Crippen LogP contribution in [0.5, 0.6) is 5.75 Å². The van der Waals surface area contributed by atoms with E-state index in [1.165, 1.54) is 0 Å². The summed E-state index contributed by atoms with van der Waals surface area (Å²) in [7, 11) is 1.59. The van der Waals surface area contributed by atoms with Gasteiger partial charge < -0.3 is 9.84 Å². The van der Waals surface area contributed by atoms with Gasteiger partial charge in [0.1, 0.15) is 5.75 Å². The van der Waals surface area contributed by atoms with Gasteiger partial charge in [-0.05, 0) is 47.9 Å². The van der Waals surface area contributed by atoms with Gasteiger partial charge in [-0.2, -0.15) is 0 Å². The summed E-state index contributed by atoms with van der Waals surface area (Å²) in [5.41, 5.74) is 2.61. The molecule has 0 aliphatic heterocycles. The summed E-state index contributed by atoms with van der Waals surface area (Å²) in [6, 6.07) is 12.9. The second-order valence-corrected chi connectivity index (χ2v) is 5.42. The summed E-state index contributed by atoms with van der Waals surface area (Å²) in [5.74, 6) is -0.249. The quantitative estimate of drug-likeness (QED) is 0.659. The number of aliphatic carboxylic acids is 1. The molecule has 0 bridgehead atoms. The van der Waals surface area contributed by atoms with Crippen molar-refractivity contribution in [2.24, 2.45) is 0 Å². The van der Waals surface area contributed by atoms with Crippen LogP contribution >= 0.6 is 15.9 Å². The van der Waals surface area contributed by atoms with Gasteiger partial charge in [-0.15, -0.1) is 0 Å². The van der Waals surface area contributed by atoms with E-state index < -0.39 is 5.97 Å². The van der Waals surface area contributed by atoms with Crippen LogP contribution in [0.2, 0.25) is 0 Å². The van der Waals surface area contributed by atoms with Crippen LogP contribution in [-0.2, 0) is 4.79 Å². The van der Waals surface area contributed by atoms with Crippen molar-refractivity contribution in [2.75, 3.05) is 7.11 Å². The third-order valence-electron chi connectivity index (χ3n) is 3.16. The SMILES string of the molecule is COc1ccc(/C(=C/c2ccccc2Br)C(=O)O)c(C)c1. The molecule has 0 amide bonds. The van der Waals surface area contributed by atoms with Gasteiger partial charge in [-0.3, -0.25) is 0 Å². The molecule has 0 aliphatic rings. The summed E-state index contributed by atoms with van der Waals surface area (Å²) in [6.07, 6.45) is 1.67. The number of aryl methyl sites for hydroxylation is 1. The molecule has 0 unspecified atom stereocenters. The van der Waals surface area contributed by atoms with E-state index in [2.05, 4.69) is 15.9 Å². The summed E-state index contributed by atoms with van der Waals surface area (Å²) < 4.78 is 6.01. The zero-order chi connectivity index (χ0) is 15.4. The highest BCUT2D eigenvalue weighted by Crippen LogP contribution is 2.27. The lowest BCUT2D eigenvalue weighted by Gasteiger charge is -2.09. The molecule has 0 aromatic heterocycles. The Morgan fingerprint density at radius 1 is 1.24 bits per heavy atom. The Kier molecular flexibility index (Phi) is 4.81. The first-order valence-corrected chi connectivity index (χ1v) is 7.16. The molecule has 0 radical (unpaired) electrons. The zero-order valence-corrected chi connectivity index (χ0v) is 13.3. The van der Waals surface area contributed by atoms with Gasteiger partial charge in [0, 0.05) is 4.47 Å². The average molecular weight is 347 g/mol. The van der Waals surface area contributed by atoms with Crippen LogP contribution in [0.4, 0.5) is 0 Å². The zero-order valence-electron chi connectivity index (χ0n) is 11.8. The Hall–Kier alpha value is -2.07. The minimum Gasteiger partial charge on any atom is -0.497 e. The normalized spacial score (nSPS) is 11.3. The molecular weight excluding hydrogens is 332 g/mol. The van der Waals surface area contributed by atoms with E-state index in [4.69, 9.17) is 4.74 Å². The van der Waals surface area contributed by atoms with Gasteiger partial charge in [0.25, 0.3) is 0 Å². The van der Waals surface area contributed by atoms with Crippen molar-refractivity contribution in [1.29, 1.82) is 0 Å². The first-order valence-electron chi connectivity index (χ1n) is 6.37. The molecule has 2 aromatic carbocycles. The highest BCUT2D eigenvalue weighted by molar-refractivity contribution is 9.10. The lowest BCUT2D eigenvalue weighted by Crippen LogP contribution is -2.02. The van der Waals surface area contributed by atoms with Crippen molar-refractivity contribution in [3.8, 4) is 5.75 Å². The van der Waals surface area contributed by atoms with Crippen LogP contribution in [0.25, 0.3) is 11.6 Å². The maximum atomic E-state index is 11.6. The van der Waals surface area contributed by atoms with E-state index in [0.29, 0.717) is 11.3 Å². The number of rotatable bonds is 4. The molecule has 3 nitrogen and oxygen atoms in total. The van der Waals surface area contributed by atoms with E-state index in [9.17, 15) is 9.90 Å². The van der Waals surface area contributed by atoms with Crippen molar-refractivity contribution in [3.63, 3.8) is 0 Å². The number of halogens is 1. The van der Waals surface area contributed by atoms with Crippen molar-refractivity contribution >= 4 is 33.5 Å². The van der Waals surface area contributed by atoms with Gasteiger partial charge in [0.2, 0.25) is 0 Å². The number of ether oxygens (including phenoxy) is 1. The smallest absolute Gasteiger partial charge is 0.336 e. The van der Waals surface area contributed by atoms with Gasteiger partial charge in [0.05, 0.1) is 12.7 Å². The number of carboxylic acids is 1. The Morgan fingerprint density at radius 2 is 1.95 bits per heavy atom. The fourth-order valence-corrected chi connectivity index (χ4v) is 2.47. The molecule has 0 saturated carbocycles. The van der Waals surface area contributed by atoms with Crippen LogP contribution in [0.15, 0.2) is 46.9 Å². The number of benzene rings is 2. The minimum atomic E-state index is -0.959. The third kappa shape index (κ3) is 3.52. The van der Waals surface area contributed by atoms with E-state index in [-0.39, 0.29) is 5.57 Å². The van der Waals surface area contributed by atoms with Gasteiger partial charge >= 0.3 is 5.97 Å². The molecule has 0 fully saturated rings. The fourth-order valence-electron chi connectivity index (χ4n) is 2.07. The van der Waals surface area contributed by atoms with Crippen molar-refractivity contribution < 1.29 is 14.6 Å². The van der Waals surface area contributed by atoms with E-state index >= 15 is 0 Å². The molecule has 1 N–H and O–H groups in total. The molecule has 4 heteroatoms. The third-order valence-corrected chi connectivity index (χ3v) is 3.88. The average Bonchev–Trinajstić information content (AvgIpc) is 2.46. The standard InChI is InChI=1S/C17H15BrO3/c1-11-9-13(21-2)7-8-14(11)15(17(19)20)10-12-5-3-4-6-16(12)18/h3-10H,1-2H3,(H,19,20)/b15-10-. The predicted octanol–water partition coefficient (Wildman–Crippen LogP) is 4.39. The van der Waals surface area contributed by atoms with Crippen LogP contribution in [0.1, 0.15) is 16.7 Å². The lowest BCUT2D eigenvalue weighted by molar-refractivity contribution is -0.130. The van der Waals surface area contributed by atoms with E-state index in [0.717, 1.165) is 15.6 Å². The van der Waals surface area contributed by atoms with Crippen molar-refractivity contribution in [2.45, 2.75) is 6.92 Å². The van der Waals surface area contributed by atoms with Crippen LogP contribution in [0.3, 0.4) is 0 Å². The van der Waals surface area contributed by atoms with Gasteiger partial charge in [-0.25, -0.2) is 4.79 Å². The van der Waals surface area contributed by atoms with Crippen molar-refractivity contribution in [1.82, 2.24) is 0 Å². The second-order valence-electron chi connectivity index (χ2n) is 4.57. The Balaban J connectivity index is 2.55. The number of methoxy groups -OCH3 is 1. The highest BCUT2D eigenvalue weighted by atomic mass is 79.9. The first kappa shape index (κ1) is 15.3. The number of hydrogen-bond donors (Lipinski definition) is 1. The number of carbonyl (C=O) groups is 1. The van der Waals surface area contributed by atoms with E-state index in [1.807, 2.05) is 37.3 Å². The Morgan fingerprint density at radius 3 is 2.52 bits per heavy atom. The Bertz CT molecular complexity index is 705. The lowest BCUT2D eigenvalue weighted by atomic mass is 9.98. The van der Waals surface area contributed by atoms with E-state index in [1.54, 1.807) is 25.3 Å². The van der Waals surface area contributed by atoms with Crippen LogP contribution in [0, 0.1) is 6.92 Å². The summed E-state index contributed by atoms with van der Waals surface area (Å²) in [5, 5.41) is 9.51. The second kappa shape index (κ2) is 6.59. The number of carboxylic acid groups (broad SMARTS) is 1.